The zero-order chi connectivity index (χ0) is 9.35. The molecule has 0 spiro atoms. The molecule has 0 radical (unpaired) electrons. The molecule has 0 aliphatic carbocycles. The normalized spacial score (nSPS) is 11.6. The lowest BCUT2D eigenvalue weighted by Crippen LogP contribution is -2.29. The van der Waals surface area contributed by atoms with E-state index in [4.69, 9.17) is 10.8 Å². The van der Waals surface area contributed by atoms with Crippen LogP contribution in [0, 0.1) is 0 Å². The van der Waals surface area contributed by atoms with E-state index in [-0.39, 0.29) is 11.7 Å². The summed E-state index contributed by atoms with van der Waals surface area (Å²) in [5, 5.41) is 11.7. The first-order valence-electron chi connectivity index (χ1n) is 3.27. The van der Waals surface area contributed by atoms with Gasteiger partial charge in [0.05, 0.1) is 5.54 Å². The molecule has 0 saturated carbocycles. The minimum absolute atomic E-state index is 0.111. The summed E-state index contributed by atoms with van der Waals surface area (Å²) in [4.78, 5) is 13.9. The van der Waals surface area contributed by atoms with Gasteiger partial charge < -0.3 is 15.4 Å². The Labute approximate surface area is 68.4 Å². The molecule has 0 fully saturated rings. The smallest absolute Gasteiger partial charge is 0.377 e. The maximum atomic E-state index is 10.3. The zero-order valence-corrected chi connectivity index (χ0v) is 6.74. The van der Waals surface area contributed by atoms with Crippen LogP contribution in [0.4, 0.5) is 0 Å². The van der Waals surface area contributed by atoms with Crippen LogP contribution in [0.1, 0.15) is 30.4 Å². The van der Waals surface area contributed by atoms with Crippen molar-refractivity contribution in [2.45, 2.75) is 19.4 Å². The van der Waals surface area contributed by atoms with Gasteiger partial charge in [0.2, 0.25) is 5.89 Å². The second kappa shape index (κ2) is 2.56. The van der Waals surface area contributed by atoms with Crippen molar-refractivity contribution in [1.29, 1.82) is 0 Å². The molecular weight excluding hydrogens is 162 g/mol. The molecule has 0 atom stereocenters. The molecule has 0 aromatic carbocycles. The molecule has 12 heavy (non-hydrogen) atoms. The van der Waals surface area contributed by atoms with Crippen molar-refractivity contribution in [3.63, 3.8) is 0 Å². The largest absolute Gasteiger partial charge is 0.475 e. The zero-order valence-electron chi connectivity index (χ0n) is 6.74. The third-order valence-electron chi connectivity index (χ3n) is 1.17. The number of nitrogens with zero attached hydrogens (tertiary/aromatic N) is 2. The predicted octanol–water partition coefficient (Wildman–Crippen LogP) is -0.0384. The van der Waals surface area contributed by atoms with Crippen LogP contribution in [0.5, 0.6) is 0 Å². The molecule has 3 N–H and O–H groups in total. The first-order valence-corrected chi connectivity index (χ1v) is 3.27. The third-order valence-corrected chi connectivity index (χ3v) is 1.17. The van der Waals surface area contributed by atoms with Crippen molar-refractivity contribution in [1.82, 2.24) is 10.1 Å². The summed E-state index contributed by atoms with van der Waals surface area (Å²) in [6.45, 7) is 3.29. The van der Waals surface area contributed by atoms with E-state index in [0.717, 1.165) is 0 Å². The lowest BCUT2D eigenvalue weighted by atomic mass is 10.1. The van der Waals surface area contributed by atoms with Crippen LogP contribution in [0.15, 0.2) is 4.52 Å². The summed E-state index contributed by atoms with van der Waals surface area (Å²) in [6, 6.07) is 0. The second-order valence-corrected chi connectivity index (χ2v) is 2.95. The molecule has 0 unspecified atom stereocenters. The molecule has 0 aliphatic heterocycles. The number of aromatic carboxylic acids is 1. The minimum Gasteiger partial charge on any atom is -0.475 e. The first-order chi connectivity index (χ1) is 5.41. The fraction of sp³-hybridized carbons (Fsp3) is 0.500. The molecule has 0 amide bonds. The van der Waals surface area contributed by atoms with Crippen molar-refractivity contribution in [2.75, 3.05) is 0 Å². The summed E-state index contributed by atoms with van der Waals surface area (Å²) in [5.74, 6) is -1.49. The molecule has 0 aliphatic rings. The number of aromatic nitrogens is 2. The van der Waals surface area contributed by atoms with E-state index in [1.807, 2.05) is 0 Å². The van der Waals surface area contributed by atoms with E-state index in [2.05, 4.69) is 14.7 Å². The average Bonchev–Trinajstić information content (AvgIpc) is 2.30. The van der Waals surface area contributed by atoms with Gasteiger partial charge in [0.25, 0.3) is 5.82 Å². The molecule has 6 nitrogen and oxygen atoms in total. The summed E-state index contributed by atoms with van der Waals surface area (Å²) in [5.41, 5.74) is 4.78. The quantitative estimate of drug-likeness (QED) is 0.647. The molecule has 0 saturated heterocycles. The molecule has 0 bridgehead atoms. The number of carbonyl (C=O) groups is 1. The summed E-state index contributed by atoms with van der Waals surface area (Å²) >= 11 is 0. The fourth-order valence-corrected chi connectivity index (χ4v) is 0.572. The topological polar surface area (TPSA) is 102 Å². The highest BCUT2D eigenvalue weighted by Crippen LogP contribution is 2.13. The van der Waals surface area contributed by atoms with Gasteiger partial charge in [-0.2, -0.15) is 4.98 Å². The Morgan fingerprint density at radius 2 is 2.25 bits per heavy atom. The highest BCUT2D eigenvalue weighted by molar-refractivity contribution is 5.82. The lowest BCUT2D eigenvalue weighted by Gasteiger charge is -2.10. The maximum absolute atomic E-state index is 10.3. The number of carboxylic acids is 1. The number of hydrogen-bond acceptors (Lipinski definition) is 5. The fourth-order valence-electron chi connectivity index (χ4n) is 0.572. The Morgan fingerprint density at radius 1 is 1.67 bits per heavy atom. The van der Waals surface area contributed by atoms with Crippen LogP contribution >= 0.6 is 0 Å². The molecule has 66 valence electrons. The highest BCUT2D eigenvalue weighted by atomic mass is 16.5. The standard InChI is InChI=1S/C6H9N3O3/c1-6(2,7)5-8-3(4(10)11)9-12-5/h7H2,1-2H3,(H,10,11). The van der Waals surface area contributed by atoms with Gasteiger partial charge in [-0.25, -0.2) is 4.79 Å². The Balaban J connectivity index is 3.00. The van der Waals surface area contributed by atoms with Gasteiger partial charge in [-0.1, -0.05) is 0 Å². The SMILES string of the molecule is CC(C)(N)c1nc(C(=O)O)no1. The van der Waals surface area contributed by atoms with Crippen LogP contribution in [0.25, 0.3) is 0 Å². The van der Waals surface area contributed by atoms with Gasteiger partial charge in [0.15, 0.2) is 0 Å². The van der Waals surface area contributed by atoms with Crippen LogP contribution in [0.2, 0.25) is 0 Å². The number of hydrogen-bond donors (Lipinski definition) is 2. The van der Waals surface area contributed by atoms with Gasteiger partial charge >= 0.3 is 5.97 Å². The van der Waals surface area contributed by atoms with E-state index >= 15 is 0 Å². The summed E-state index contributed by atoms with van der Waals surface area (Å²) in [6.07, 6.45) is 0. The average molecular weight is 171 g/mol. The van der Waals surface area contributed by atoms with E-state index < -0.39 is 11.5 Å². The van der Waals surface area contributed by atoms with Gasteiger partial charge in [0.1, 0.15) is 0 Å². The molecule has 1 heterocycles. The molecule has 6 heteroatoms. The Kier molecular flexibility index (Phi) is 1.85. The monoisotopic (exact) mass is 171 g/mol. The number of nitrogens with two attached hydrogens (primary N) is 1. The predicted molar refractivity (Wildman–Crippen MR) is 38.5 cm³/mol. The number of carboxylic acid groups (broad SMARTS) is 1. The van der Waals surface area contributed by atoms with Crippen LogP contribution in [-0.2, 0) is 5.54 Å². The van der Waals surface area contributed by atoms with Crippen molar-refractivity contribution in [3.05, 3.63) is 11.7 Å². The van der Waals surface area contributed by atoms with Crippen LogP contribution in [0.3, 0.4) is 0 Å². The van der Waals surface area contributed by atoms with Crippen molar-refractivity contribution >= 4 is 5.97 Å². The van der Waals surface area contributed by atoms with E-state index in [1.54, 1.807) is 13.8 Å². The van der Waals surface area contributed by atoms with Crippen molar-refractivity contribution in [2.24, 2.45) is 5.73 Å². The molecule has 1 aromatic rings. The van der Waals surface area contributed by atoms with E-state index in [9.17, 15) is 4.79 Å². The Morgan fingerprint density at radius 3 is 2.50 bits per heavy atom. The molecule has 1 rings (SSSR count). The summed E-state index contributed by atoms with van der Waals surface area (Å²) in [7, 11) is 0. The highest BCUT2D eigenvalue weighted by Gasteiger charge is 2.24. The molecule has 1 aromatic heterocycles. The summed E-state index contributed by atoms with van der Waals surface area (Å²) < 4.78 is 4.62. The van der Waals surface area contributed by atoms with Crippen molar-refractivity contribution < 1.29 is 14.4 Å². The second-order valence-electron chi connectivity index (χ2n) is 2.95. The van der Waals surface area contributed by atoms with E-state index in [0.29, 0.717) is 0 Å². The third kappa shape index (κ3) is 1.59. The molecular formula is C6H9N3O3. The van der Waals surface area contributed by atoms with Gasteiger partial charge in [0, 0.05) is 0 Å². The van der Waals surface area contributed by atoms with Gasteiger partial charge in [-0.3, -0.25) is 0 Å². The number of rotatable bonds is 2. The Bertz CT molecular complexity index is 299. The Hall–Kier alpha value is -1.43. The van der Waals surface area contributed by atoms with Crippen LogP contribution < -0.4 is 5.73 Å². The minimum atomic E-state index is -1.23. The van der Waals surface area contributed by atoms with Crippen LogP contribution in [-0.4, -0.2) is 21.2 Å². The van der Waals surface area contributed by atoms with Crippen molar-refractivity contribution in [3.8, 4) is 0 Å². The van der Waals surface area contributed by atoms with E-state index in [1.165, 1.54) is 0 Å². The maximum Gasteiger partial charge on any atom is 0.377 e. The van der Waals surface area contributed by atoms with Gasteiger partial charge in [-0.05, 0) is 19.0 Å². The first kappa shape index (κ1) is 8.66. The lowest BCUT2D eigenvalue weighted by molar-refractivity contribution is 0.0680. The van der Waals surface area contributed by atoms with Gasteiger partial charge in [-0.15, -0.1) is 0 Å².